The first-order valence-electron chi connectivity index (χ1n) is 10.7. The Hall–Kier alpha value is -2.60. The minimum atomic E-state index is -0.691. The van der Waals surface area contributed by atoms with E-state index < -0.39 is 11.6 Å². The summed E-state index contributed by atoms with van der Waals surface area (Å²) in [5.74, 6) is -0.406. The summed E-state index contributed by atoms with van der Waals surface area (Å²) in [7, 11) is 0. The van der Waals surface area contributed by atoms with Crippen LogP contribution >= 0.6 is 11.6 Å². The van der Waals surface area contributed by atoms with E-state index in [1.165, 1.54) is 17.0 Å². The second-order valence-corrected chi connectivity index (χ2v) is 9.35. The lowest BCUT2D eigenvalue weighted by atomic mass is 10.1. The molecule has 32 heavy (non-hydrogen) atoms. The number of benzene rings is 2. The first-order valence-corrected chi connectivity index (χ1v) is 11.0. The molecule has 2 aromatic rings. The second kappa shape index (κ2) is 10.8. The van der Waals surface area contributed by atoms with Crippen molar-refractivity contribution >= 4 is 23.4 Å². The summed E-state index contributed by atoms with van der Waals surface area (Å²) in [6.07, 6.45) is 0.425. The fraction of sp³-hybridized carbons (Fsp3) is 0.440. The first kappa shape index (κ1) is 25.7. The summed E-state index contributed by atoms with van der Waals surface area (Å²) in [5.41, 5.74) is 1.99. The van der Waals surface area contributed by atoms with Crippen LogP contribution in [0.5, 0.6) is 5.75 Å². The third-order valence-corrected chi connectivity index (χ3v) is 5.52. The molecule has 0 heterocycles. The summed E-state index contributed by atoms with van der Waals surface area (Å²) in [6.45, 7) is 11.2. The van der Waals surface area contributed by atoms with Gasteiger partial charge in [0.05, 0.1) is 0 Å². The van der Waals surface area contributed by atoms with E-state index in [0.29, 0.717) is 17.2 Å². The topological polar surface area (TPSA) is 58.6 Å². The maximum atomic E-state index is 13.3. The van der Waals surface area contributed by atoms with Crippen LogP contribution in [0.25, 0.3) is 0 Å². The largest absolute Gasteiger partial charge is 0.484 e. The lowest BCUT2D eigenvalue weighted by Gasteiger charge is -2.33. The van der Waals surface area contributed by atoms with Gasteiger partial charge in [0, 0.05) is 17.1 Å². The zero-order valence-corrected chi connectivity index (χ0v) is 20.3. The average molecular weight is 463 g/mol. The summed E-state index contributed by atoms with van der Waals surface area (Å²) >= 11 is 6.21. The monoisotopic (exact) mass is 462 g/mol. The Bertz CT molecular complexity index is 932. The highest BCUT2D eigenvalue weighted by molar-refractivity contribution is 6.32. The number of ether oxygens (including phenoxy) is 1. The van der Waals surface area contributed by atoms with Crippen molar-refractivity contribution in [2.45, 2.75) is 66.1 Å². The lowest BCUT2D eigenvalue weighted by molar-refractivity contribution is -0.143. The SMILES string of the molecule is CCC(C(=O)NC(C)(C)C)N(Cc1ccc(F)cc1)C(=O)COc1cc(C)c(Cl)c(C)c1. The van der Waals surface area contributed by atoms with Gasteiger partial charge in [0.2, 0.25) is 5.91 Å². The van der Waals surface area contributed by atoms with Crippen LogP contribution in [0, 0.1) is 19.7 Å². The van der Waals surface area contributed by atoms with Crippen LogP contribution in [-0.2, 0) is 16.1 Å². The molecule has 2 rings (SSSR count). The summed E-state index contributed by atoms with van der Waals surface area (Å²) in [6, 6.07) is 8.75. The molecule has 0 bridgehead atoms. The molecular formula is C25H32ClFN2O3. The molecule has 0 saturated heterocycles. The van der Waals surface area contributed by atoms with Crippen LogP contribution in [0.15, 0.2) is 36.4 Å². The molecule has 0 radical (unpaired) electrons. The number of nitrogens with zero attached hydrogens (tertiary/aromatic N) is 1. The molecule has 0 aromatic heterocycles. The number of aryl methyl sites for hydroxylation is 2. The first-order chi connectivity index (χ1) is 14.9. The quantitative estimate of drug-likeness (QED) is 0.586. The molecule has 2 aromatic carbocycles. The molecule has 7 heteroatoms. The highest BCUT2D eigenvalue weighted by Crippen LogP contribution is 2.26. The highest BCUT2D eigenvalue weighted by atomic mass is 35.5. The average Bonchev–Trinajstić information content (AvgIpc) is 2.70. The molecule has 0 spiro atoms. The van der Waals surface area contributed by atoms with Crippen LogP contribution in [-0.4, -0.2) is 34.9 Å². The molecule has 174 valence electrons. The zero-order chi connectivity index (χ0) is 24.1. The van der Waals surface area contributed by atoms with Gasteiger partial charge in [-0.15, -0.1) is 0 Å². The van der Waals surface area contributed by atoms with Crippen LogP contribution in [0.2, 0.25) is 5.02 Å². The predicted molar refractivity (Wildman–Crippen MR) is 125 cm³/mol. The summed E-state index contributed by atoms with van der Waals surface area (Å²) in [5, 5.41) is 3.61. The molecule has 0 aliphatic rings. The number of halogens is 2. The lowest BCUT2D eigenvalue weighted by Crippen LogP contribution is -2.54. The summed E-state index contributed by atoms with van der Waals surface area (Å²) < 4.78 is 19.1. The van der Waals surface area contributed by atoms with E-state index in [4.69, 9.17) is 16.3 Å². The highest BCUT2D eigenvalue weighted by Gasteiger charge is 2.31. The minimum absolute atomic E-state index is 0.164. The second-order valence-electron chi connectivity index (χ2n) is 8.97. The third-order valence-electron chi connectivity index (χ3n) is 4.92. The van der Waals surface area contributed by atoms with Crippen LogP contribution in [0.3, 0.4) is 0 Å². The van der Waals surface area contributed by atoms with Gasteiger partial charge in [0.1, 0.15) is 17.6 Å². The number of amides is 2. The van der Waals surface area contributed by atoms with Crippen molar-refractivity contribution in [1.82, 2.24) is 10.2 Å². The van der Waals surface area contributed by atoms with E-state index in [2.05, 4.69) is 5.32 Å². The molecular weight excluding hydrogens is 431 g/mol. The Labute approximate surface area is 194 Å². The van der Waals surface area contributed by atoms with Crippen LogP contribution in [0.1, 0.15) is 50.8 Å². The van der Waals surface area contributed by atoms with Gasteiger partial charge in [-0.1, -0.05) is 30.7 Å². The van der Waals surface area contributed by atoms with Gasteiger partial charge in [0.25, 0.3) is 5.91 Å². The van der Waals surface area contributed by atoms with Gasteiger partial charge in [-0.3, -0.25) is 9.59 Å². The number of carbonyl (C=O) groups is 2. The van der Waals surface area contributed by atoms with E-state index in [0.717, 1.165) is 16.7 Å². The molecule has 1 N–H and O–H groups in total. The fourth-order valence-corrected chi connectivity index (χ4v) is 3.49. The van der Waals surface area contributed by atoms with Gasteiger partial charge in [-0.2, -0.15) is 0 Å². The molecule has 1 unspecified atom stereocenters. The third kappa shape index (κ3) is 7.23. The molecule has 1 atom stereocenters. The van der Waals surface area contributed by atoms with Crippen LogP contribution < -0.4 is 10.1 Å². The van der Waals surface area contributed by atoms with Gasteiger partial charge in [-0.05, 0) is 82.0 Å². The van der Waals surface area contributed by atoms with Gasteiger partial charge >= 0.3 is 0 Å². The van der Waals surface area contributed by atoms with E-state index in [-0.39, 0.29) is 30.8 Å². The molecule has 2 amide bonds. The number of hydrogen-bond acceptors (Lipinski definition) is 3. The minimum Gasteiger partial charge on any atom is -0.484 e. The van der Waals surface area contributed by atoms with Crippen LogP contribution in [0.4, 0.5) is 4.39 Å². The molecule has 0 fully saturated rings. The smallest absolute Gasteiger partial charge is 0.261 e. The summed E-state index contributed by atoms with van der Waals surface area (Å²) in [4.78, 5) is 27.7. The van der Waals surface area contributed by atoms with Crippen molar-refractivity contribution in [1.29, 1.82) is 0 Å². The maximum absolute atomic E-state index is 13.3. The van der Waals surface area contributed by atoms with E-state index in [9.17, 15) is 14.0 Å². The number of hydrogen-bond donors (Lipinski definition) is 1. The van der Waals surface area contributed by atoms with E-state index in [1.54, 1.807) is 24.3 Å². The maximum Gasteiger partial charge on any atom is 0.261 e. The normalized spacial score (nSPS) is 12.2. The Morgan fingerprint density at radius 2 is 1.69 bits per heavy atom. The fourth-order valence-electron chi connectivity index (χ4n) is 3.38. The van der Waals surface area contributed by atoms with E-state index >= 15 is 0 Å². The van der Waals surface area contributed by atoms with Crippen molar-refractivity contribution in [2.75, 3.05) is 6.61 Å². The van der Waals surface area contributed by atoms with Gasteiger partial charge < -0.3 is 15.0 Å². The Morgan fingerprint density at radius 1 is 1.12 bits per heavy atom. The van der Waals surface area contributed by atoms with Crippen molar-refractivity contribution < 1.29 is 18.7 Å². The number of carbonyl (C=O) groups excluding carboxylic acids is 2. The zero-order valence-electron chi connectivity index (χ0n) is 19.6. The Kier molecular flexibility index (Phi) is 8.67. The molecule has 0 aliphatic heterocycles. The molecule has 0 saturated carbocycles. The Morgan fingerprint density at radius 3 is 2.19 bits per heavy atom. The van der Waals surface area contributed by atoms with Gasteiger partial charge in [0.15, 0.2) is 6.61 Å². The van der Waals surface area contributed by atoms with Crippen molar-refractivity contribution in [2.24, 2.45) is 0 Å². The number of rotatable bonds is 8. The number of nitrogens with one attached hydrogen (secondary N) is 1. The van der Waals surface area contributed by atoms with Crippen molar-refractivity contribution in [3.8, 4) is 5.75 Å². The standard InChI is InChI=1S/C25H32ClFN2O3/c1-7-21(24(31)28-25(4,5)6)29(14-18-8-10-19(27)11-9-18)22(30)15-32-20-12-16(2)23(26)17(3)13-20/h8-13,21H,7,14-15H2,1-6H3,(H,28,31). The van der Waals surface area contributed by atoms with Crippen molar-refractivity contribution in [3.63, 3.8) is 0 Å². The van der Waals surface area contributed by atoms with Crippen molar-refractivity contribution in [3.05, 3.63) is 63.9 Å². The molecule has 5 nitrogen and oxygen atoms in total. The Balaban J connectivity index is 2.26. The molecule has 0 aliphatic carbocycles. The predicted octanol–water partition coefficient (Wildman–Crippen LogP) is 5.20. The van der Waals surface area contributed by atoms with E-state index in [1.807, 2.05) is 41.5 Å². The van der Waals surface area contributed by atoms with Gasteiger partial charge in [-0.25, -0.2) is 4.39 Å².